The molecule has 0 atom stereocenters. The number of nitro groups is 1. The predicted molar refractivity (Wildman–Crippen MR) is 105 cm³/mol. The molecule has 0 spiro atoms. The van der Waals surface area contributed by atoms with E-state index in [1.807, 2.05) is 0 Å². The van der Waals surface area contributed by atoms with Crippen LogP contribution < -0.4 is 5.32 Å². The summed E-state index contributed by atoms with van der Waals surface area (Å²) in [5, 5.41) is 17.7. The largest absolute Gasteiger partial charge is 0.310 e. The normalized spacial score (nSPS) is 14.3. The van der Waals surface area contributed by atoms with E-state index >= 15 is 0 Å². The second-order valence-electron chi connectivity index (χ2n) is 6.84. The predicted octanol–water partition coefficient (Wildman–Crippen LogP) is 2.53. The van der Waals surface area contributed by atoms with Crippen molar-refractivity contribution in [2.75, 3.05) is 5.32 Å². The summed E-state index contributed by atoms with van der Waals surface area (Å²) in [7, 11) is -3.35. The van der Waals surface area contributed by atoms with E-state index in [4.69, 9.17) is 0 Å². The van der Waals surface area contributed by atoms with Gasteiger partial charge >= 0.3 is 0 Å². The third kappa shape index (κ3) is 3.92. The molecule has 1 amide bonds. The fourth-order valence-corrected chi connectivity index (χ4v) is 4.73. The van der Waals surface area contributed by atoms with Crippen molar-refractivity contribution in [3.8, 4) is 5.69 Å². The molecule has 0 aliphatic carbocycles. The van der Waals surface area contributed by atoms with E-state index in [1.165, 1.54) is 53.2 Å². The molecular formula is C19H15FN4O5S. The SMILES string of the molecule is O=C(Cc1ccc([N+](=O)[O-])cc1)Nc1c2c(nn1-c1ccc(F)cc1)CS(=O)(=O)C2. The van der Waals surface area contributed by atoms with Crippen molar-refractivity contribution in [1.82, 2.24) is 9.78 Å². The average molecular weight is 430 g/mol. The fraction of sp³-hybridized carbons (Fsp3) is 0.158. The van der Waals surface area contributed by atoms with Crippen LogP contribution in [0.1, 0.15) is 16.8 Å². The van der Waals surface area contributed by atoms with Gasteiger partial charge in [0.1, 0.15) is 11.6 Å². The zero-order valence-electron chi connectivity index (χ0n) is 15.4. The molecule has 1 aromatic heterocycles. The molecule has 1 aliphatic heterocycles. The summed E-state index contributed by atoms with van der Waals surface area (Å²) in [5.74, 6) is -1.16. The van der Waals surface area contributed by atoms with Crippen molar-refractivity contribution in [3.05, 3.63) is 81.3 Å². The minimum Gasteiger partial charge on any atom is -0.310 e. The number of amides is 1. The molecule has 0 radical (unpaired) electrons. The molecule has 0 fully saturated rings. The molecule has 0 saturated heterocycles. The first-order valence-electron chi connectivity index (χ1n) is 8.82. The summed E-state index contributed by atoms with van der Waals surface area (Å²) in [6.07, 6.45) is -0.0753. The molecule has 0 unspecified atom stereocenters. The molecule has 2 heterocycles. The van der Waals surface area contributed by atoms with Crippen LogP contribution in [0.2, 0.25) is 0 Å². The average Bonchev–Trinajstić information content (AvgIpc) is 3.15. The lowest BCUT2D eigenvalue weighted by atomic mass is 10.1. The van der Waals surface area contributed by atoms with Crippen LogP contribution in [0.25, 0.3) is 5.69 Å². The van der Waals surface area contributed by atoms with Gasteiger partial charge < -0.3 is 5.32 Å². The van der Waals surface area contributed by atoms with Gasteiger partial charge in [-0.25, -0.2) is 17.5 Å². The summed E-state index contributed by atoms with van der Waals surface area (Å²) in [6.45, 7) is 0. The quantitative estimate of drug-likeness (QED) is 0.490. The van der Waals surface area contributed by atoms with Crippen LogP contribution in [0.5, 0.6) is 0 Å². The Morgan fingerprint density at radius 1 is 1.13 bits per heavy atom. The van der Waals surface area contributed by atoms with Gasteiger partial charge in [0, 0.05) is 17.7 Å². The maximum atomic E-state index is 13.3. The minimum atomic E-state index is -3.35. The number of aromatic nitrogens is 2. The molecule has 11 heteroatoms. The first-order chi connectivity index (χ1) is 14.2. The van der Waals surface area contributed by atoms with E-state index in [9.17, 15) is 27.7 Å². The molecule has 154 valence electrons. The number of non-ortho nitro benzene ring substituents is 1. The third-order valence-electron chi connectivity index (χ3n) is 4.63. The summed E-state index contributed by atoms with van der Waals surface area (Å²) in [5.41, 5.74) is 1.67. The fourth-order valence-electron chi connectivity index (χ4n) is 3.24. The van der Waals surface area contributed by atoms with E-state index in [1.54, 1.807) is 0 Å². The summed E-state index contributed by atoms with van der Waals surface area (Å²) in [6, 6.07) is 11.0. The summed E-state index contributed by atoms with van der Waals surface area (Å²) in [4.78, 5) is 22.8. The molecular weight excluding hydrogens is 415 g/mol. The molecule has 3 aromatic rings. The van der Waals surface area contributed by atoms with Crippen LogP contribution in [-0.4, -0.2) is 29.0 Å². The van der Waals surface area contributed by atoms with Crippen molar-refractivity contribution in [1.29, 1.82) is 0 Å². The Bertz CT molecular complexity index is 1250. The third-order valence-corrected chi connectivity index (χ3v) is 6.07. The number of fused-ring (bicyclic) bond motifs is 1. The Morgan fingerprint density at radius 2 is 1.80 bits per heavy atom. The molecule has 9 nitrogen and oxygen atoms in total. The zero-order valence-corrected chi connectivity index (χ0v) is 16.2. The number of hydrogen-bond acceptors (Lipinski definition) is 6. The number of rotatable bonds is 5. The van der Waals surface area contributed by atoms with Crippen LogP contribution in [0.3, 0.4) is 0 Å². The highest BCUT2D eigenvalue weighted by molar-refractivity contribution is 7.90. The number of benzene rings is 2. The van der Waals surface area contributed by atoms with Crippen molar-refractivity contribution >= 4 is 27.2 Å². The van der Waals surface area contributed by atoms with Gasteiger partial charge in [-0.15, -0.1) is 0 Å². The van der Waals surface area contributed by atoms with Gasteiger partial charge in [-0.1, -0.05) is 12.1 Å². The summed E-state index contributed by atoms with van der Waals surface area (Å²) < 4.78 is 38.6. The van der Waals surface area contributed by atoms with Crippen molar-refractivity contribution < 1.29 is 22.5 Å². The monoisotopic (exact) mass is 430 g/mol. The van der Waals surface area contributed by atoms with E-state index in [0.29, 0.717) is 22.5 Å². The second kappa shape index (κ2) is 7.34. The number of sulfone groups is 1. The van der Waals surface area contributed by atoms with Crippen LogP contribution in [0.4, 0.5) is 15.9 Å². The van der Waals surface area contributed by atoms with Crippen molar-refractivity contribution in [3.63, 3.8) is 0 Å². The number of hydrogen-bond donors (Lipinski definition) is 1. The highest BCUT2D eigenvalue weighted by atomic mass is 32.2. The van der Waals surface area contributed by atoms with E-state index in [0.717, 1.165) is 0 Å². The Labute approximate surface area is 170 Å². The van der Waals surface area contributed by atoms with E-state index < -0.39 is 26.5 Å². The summed E-state index contributed by atoms with van der Waals surface area (Å²) >= 11 is 0. The topological polar surface area (TPSA) is 124 Å². The maximum Gasteiger partial charge on any atom is 0.269 e. The van der Waals surface area contributed by atoms with Gasteiger partial charge in [-0.2, -0.15) is 5.10 Å². The molecule has 30 heavy (non-hydrogen) atoms. The molecule has 0 bridgehead atoms. The lowest BCUT2D eigenvalue weighted by Gasteiger charge is -2.11. The Balaban J connectivity index is 1.63. The number of halogens is 1. The van der Waals surface area contributed by atoms with E-state index in [2.05, 4.69) is 10.4 Å². The Hall–Kier alpha value is -3.60. The number of anilines is 1. The number of nitro benzene ring substituents is 1. The molecule has 2 aromatic carbocycles. The highest BCUT2D eigenvalue weighted by Crippen LogP contribution is 2.33. The number of nitrogens with zero attached hydrogens (tertiary/aromatic N) is 3. The Morgan fingerprint density at radius 3 is 2.43 bits per heavy atom. The van der Waals surface area contributed by atoms with Crippen LogP contribution in [0, 0.1) is 15.9 Å². The second-order valence-corrected chi connectivity index (χ2v) is 8.91. The zero-order chi connectivity index (χ0) is 21.5. The van der Waals surface area contributed by atoms with E-state index in [-0.39, 0.29) is 29.4 Å². The standard InChI is InChI=1S/C19H15FN4O5S/c20-13-3-7-14(8-4-13)23-19(16-10-30(28,29)11-17(16)22-23)21-18(25)9-12-1-5-15(6-2-12)24(26)27/h1-8H,9-11H2,(H,21,25). The number of carbonyl (C=O) groups excluding carboxylic acids is 1. The van der Waals surface area contributed by atoms with Crippen LogP contribution in [-0.2, 0) is 32.6 Å². The van der Waals surface area contributed by atoms with Gasteiger partial charge in [0.05, 0.1) is 34.2 Å². The lowest BCUT2D eigenvalue weighted by Crippen LogP contribution is -2.18. The highest BCUT2D eigenvalue weighted by Gasteiger charge is 2.33. The van der Waals surface area contributed by atoms with Crippen LogP contribution in [0.15, 0.2) is 48.5 Å². The lowest BCUT2D eigenvalue weighted by molar-refractivity contribution is -0.384. The van der Waals surface area contributed by atoms with Gasteiger partial charge in [0.25, 0.3) is 5.69 Å². The minimum absolute atomic E-state index is 0.0753. The molecule has 1 aliphatic rings. The first-order valence-corrected chi connectivity index (χ1v) is 10.6. The van der Waals surface area contributed by atoms with Gasteiger partial charge in [-0.3, -0.25) is 14.9 Å². The van der Waals surface area contributed by atoms with Gasteiger partial charge in [0.15, 0.2) is 9.84 Å². The van der Waals surface area contributed by atoms with Gasteiger partial charge in [-0.05, 0) is 29.8 Å². The molecule has 4 rings (SSSR count). The number of carbonyl (C=O) groups is 1. The van der Waals surface area contributed by atoms with Crippen molar-refractivity contribution in [2.45, 2.75) is 17.9 Å². The van der Waals surface area contributed by atoms with Crippen LogP contribution >= 0.6 is 0 Å². The maximum absolute atomic E-state index is 13.3. The number of nitrogens with one attached hydrogen (secondary N) is 1. The van der Waals surface area contributed by atoms with Crippen molar-refractivity contribution in [2.24, 2.45) is 0 Å². The molecule has 0 saturated carbocycles. The molecule has 1 N–H and O–H groups in total. The van der Waals surface area contributed by atoms with Gasteiger partial charge in [0.2, 0.25) is 5.91 Å². The first kappa shape index (κ1) is 19.7. The smallest absolute Gasteiger partial charge is 0.269 e. The Kier molecular flexibility index (Phi) is 4.82.